The van der Waals surface area contributed by atoms with Gasteiger partial charge in [0.2, 0.25) is 0 Å². The first-order chi connectivity index (χ1) is 10.2. The Bertz CT molecular complexity index is 581. The van der Waals surface area contributed by atoms with Gasteiger partial charge in [-0.3, -0.25) is 0 Å². The van der Waals surface area contributed by atoms with Crippen molar-refractivity contribution in [1.82, 2.24) is 14.8 Å². The third-order valence-corrected chi connectivity index (χ3v) is 4.01. The van der Waals surface area contributed by atoms with E-state index in [9.17, 15) is 0 Å². The highest BCUT2D eigenvalue weighted by molar-refractivity contribution is 5.20. The van der Waals surface area contributed by atoms with E-state index in [2.05, 4.69) is 17.0 Å². The number of aromatic nitrogens is 3. The molecule has 2 unspecified atom stereocenters. The minimum absolute atomic E-state index is 0.188. The SMILES string of the molecule is CC1C(N)CCc2nc(CCCOc3ccccc3)nn21. The van der Waals surface area contributed by atoms with Gasteiger partial charge in [-0.05, 0) is 31.9 Å². The van der Waals surface area contributed by atoms with E-state index in [1.165, 1.54) is 0 Å². The quantitative estimate of drug-likeness (QED) is 0.855. The van der Waals surface area contributed by atoms with Crippen molar-refractivity contribution < 1.29 is 4.74 Å². The Morgan fingerprint density at radius 1 is 1.33 bits per heavy atom. The molecular formula is C16H22N4O. The number of nitrogens with zero attached hydrogens (tertiary/aromatic N) is 3. The molecule has 1 aliphatic heterocycles. The fourth-order valence-electron chi connectivity index (χ4n) is 2.66. The van der Waals surface area contributed by atoms with Gasteiger partial charge in [-0.2, -0.15) is 5.10 Å². The molecule has 2 N–H and O–H groups in total. The maximum absolute atomic E-state index is 6.08. The van der Waals surface area contributed by atoms with Gasteiger partial charge in [-0.25, -0.2) is 9.67 Å². The average molecular weight is 286 g/mol. The summed E-state index contributed by atoms with van der Waals surface area (Å²) in [5.74, 6) is 2.89. The van der Waals surface area contributed by atoms with E-state index in [-0.39, 0.29) is 12.1 Å². The summed E-state index contributed by atoms with van der Waals surface area (Å²) in [7, 11) is 0. The second kappa shape index (κ2) is 6.26. The highest BCUT2D eigenvalue weighted by Crippen LogP contribution is 2.21. The zero-order chi connectivity index (χ0) is 14.7. The zero-order valence-electron chi connectivity index (χ0n) is 12.4. The zero-order valence-corrected chi connectivity index (χ0v) is 12.4. The largest absolute Gasteiger partial charge is 0.494 e. The van der Waals surface area contributed by atoms with E-state index in [1.807, 2.05) is 35.0 Å². The van der Waals surface area contributed by atoms with E-state index in [0.717, 1.165) is 43.1 Å². The van der Waals surface area contributed by atoms with E-state index in [1.54, 1.807) is 0 Å². The van der Waals surface area contributed by atoms with Crippen LogP contribution in [0.4, 0.5) is 0 Å². The standard InChI is InChI=1S/C16H22N4O/c1-12-14(17)9-10-16-18-15(19-20(12)16)8-5-11-21-13-6-3-2-4-7-13/h2-4,6-7,12,14H,5,8-11,17H2,1H3. The van der Waals surface area contributed by atoms with Gasteiger partial charge in [-0.1, -0.05) is 18.2 Å². The lowest BCUT2D eigenvalue weighted by molar-refractivity contribution is 0.309. The monoisotopic (exact) mass is 286 g/mol. The van der Waals surface area contributed by atoms with Gasteiger partial charge in [0, 0.05) is 18.9 Å². The van der Waals surface area contributed by atoms with Crippen LogP contribution in [-0.2, 0) is 12.8 Å². The molecule has 1 aromatic heterocycles. The molecule has 1 aromatic carbocycles. The maximum atomic E-state index is 6.08. The summed E-state index contributed by atoms with van der Waals surface area (Å²) in [5.41, 5.74) is 6.08. The Morgan fingerprint density at radius 3 is 2.95 bits per heavy atom. The van der Waals surface area contributed by atoms with Crippen molar-refractivity contribution in [1.29, 1.82) is 0 Å². The van der Waals surface area contributed by atoms with E-state index < -0.39 is 0 Å². The summed E-state index contributed by atoms with van der Waals surface area (Å²) in [5, 5.41) is 4.60. The molecule has 0 radical (unpaired) electrons. The van der Waals surface area contributed by atoms with Crippen molar-refractivity contribution in [3.8, 4) is 5.75 Å². The van der Waals surface area contributed by atoms with Crippen LogP contribution in [0.15, 0.2) is 30.3 Å². The Kier molecular flexibility index (Phi) is 4.20. The van der Waals surface area contributed by atoms with Crippen LogP contribution >= 0.6 is 0 Å². The average Bonchev–Trinajstić information content (AvgIpc) is 2.93. The molecule has 0 fully saturated rings. The summed E-state index contributed by atoms with van der Waals surface area (Å²) in [6, 6.07) is 10.3. The van der Waals surface area contributed by atoms with Crippen LogP contribution in [0.2, 0.25) is 0 Å². The van der Waals surface area contributed by atoms with Crippen LogP contribution in [0.5, 0.6) is 5.75 Å². The second-order valence-corrected chi connectivity index (χ2v) is 5.60. The van der Waals surface area contributed by atoms with Gasteiger partial charge in [0.15, 0.2) is 5.82 Å². The van der Waals surface area contributed by atoms with Crippen LogP contribution in [0.3, 0.4) is 0 Å². The smallest absolute Gasteiger partial charge is 0.151 e. The molecule has 112 valence electrons. The highest BCUT2D eigenvalue weighted by Gasteiger charge is 2.25. The number of benzene rings is 1. The van der Waals surface area contributed by atoms with Gasteiger partial charge < -0.3 is 10.5 Å². The molecule has 2 aromatic rings. The number of nitrogens with two attached hydrogens (primary N) is 1. The molecule has 0 saturated carbocycles. The van der Waals surface area contributed by atoms with Gasteiger partial charge in [-0.15, -0.1) is 0 Å². The number of ether oxygens (including phenoxy) is 1. The van der Waals surface area contributed by atoms with E-state index in [0.29, 0.717) is 6.61 Å². The number of fused-ring (bicyclic) bond motifs is 1. The highest BCUT2D eigenvalue weighted by atomic mass is 16.5. The fraction of sp³-hybridized carbons (Fsp3) is 0.500. The molecule has 21 heavy (non-hydrogen) atoms. The maximum Gasteiger partial charge on any atom is 0.151 e. The second-order valence-electron chi connectivity index (χ2n) is 5.60. The van der Waals surface area contributed by atoms with Crippen LogP contribution in [0.1, 0.15) is 37.5 Å². The summed E-state index contributed by atoms with van der Waals surface area (Å²) < 4.78 is 7.69. The number of hydrogen-bond acceptors (Lipinski definition) is 4. The summed E-state index contributed by atoms with van der Waals surface area (Å²) in [6.45, 7) is 2.80. The molecular weight excluding hydrogens is 264 g/mol. The lowest BCUT2D eigenvalue weighted by Crippen LogP contribution is -2.36. The van der Waals surface area contributed by atoms with Crippen molar-refractivity contribution in [2.24, 2.45) is 5.73 Å². The van der Waals surface area contributed by atoms with Gasteiger partial charge >= 0.3 is 0 Å². The molecule has 2 heterocycles. The number of hydrogen-bond donors (Lipinski definition) is 1. The molecule has 2 atom stereocenters. The number of aryl methyl sites for hydroxylation is 2. The van der Waals surface area contributed by atoms with Gasteiger partial charge in [0.25, 0.3) is 0 Å². The third kappa shape index (κ3) is 3.24. The lowest BCUT2D eigenvalue weighted by Gasteiger charge is -2.25. The molecule has 5 nitrogen and oxygen atoms in total. The first kappa shape index (κ1) is 14.1. The fourth-order valence-corrected chi connectivity index (χ4v) is 2.66. The van der Waals surface area contributed by atoms with Crippen molar-refractivity contribution in [2.45, 2.75) is 44.7 Å². The summed E-state index contributed by atoms with van der Waals surface area (Å²) in [6.07, 6.45) is 3.68. The molecule has 0 bridgehead atoms. The molecule has 0 saturated heterocycles. The van der Waals surface area contributed by atoms with Gasteiger partial charge in [0.1, 0.15) is 11.6 Å². The van der Waals surface area contributed by atoms with Crippen molar-refractivity contribution in [3.63, 3.8) is 0 Å². The summed E-state index contributed by atoms with van der Waals surface area (Å²) >= 11 is 0. The first-order valence-corrected chi connectivity index (χ1v) is 7.62. The minimum Gasteiger partial charge on any atom is -0.494 e. The van der Waals surface area contributed by atoms with Crippen LogP contribution < -0.4 is 10.5 Å². The molecule has 5 heteroatoms. The number of para-hydroxylation sites is 1. The molecule has 0 aliphatic carbocycles. The molecule has 0 amide bonds. The van der Waals surface area contributed by atoms with Crippen molar-refractivity contribution in [3.05, 3.63) is 42.0 Å². The predicted molar refractivity (Wildman–Crippen MR) is 81.3 cm³/mol. The normalized spacial score (nSPS) is 21.0. The minimum atomic E-state index is 0.188. The molecule has 3 rings (SSSR count). The molecule has 0 spiro atoms. The van der Waals surface area contributed by atoms with Crippen LogP contribution in [0, 0.1) is 0 Å². The Hall–Kier alpha value is -1.88. The Balaban J connectivity index is 1.51. The van der Waals surface area contributed by atoms with Crippen molar-refractivity contribution in [2.75, 3.05) is 6.61 Å². The Labute approximate surface area is 125 Å². The van der Waals surface area contributed by atoms with Crippen molar-refractivity contribution >= 4 is 0 Å². The number of rotatable bonds is 5. The predicted octanol–water partition coefficient (Wildman–Crippen LogP) is 2.12. The van der Waals surface area contributed by atoms with Crippen LogP contribution in [-0.4, -0.2) is 27.4 Å². The van der Waals surface area contributed by atoms with Crippen LogP contribution in [0.25, 0.3) is 0 Å². The van der Waals surface area contributed by atoms with E-state index >= 15 is 0 Å². The van der Waals surface area contributed by atoms with Gasteiger partial charge in [0.05, 0.1) is 12.6 Å². The lowest BCUT2D eigenvalue weighted by atomic mass is 10.0. The first-order valence-electron chi connectivity index (χ1n) is 7.62. The topological polar surface area (TPSA) is 66.0 Å². The molecule has 1 aliphatic rings. The Morgan fingerprint density at radius 2 is 2.14 bits per heavy atom. The van der Waals surface area contributed by atoms with E-state index in [4.69, 9.17) is 10.5 Å². The third-order valence-electron chi connectivity index (χ3n) is 4.01. The summed E-state index contributed by atoms with van der Waals surface area (Å²) in [4.78, 5) is 4.62.